The molecule has 2 aromatic carbocycles. The summed E-state index contributed by atoms with van der Waals surface area (Å²) in [4.78, 5) is 17.7. The zero-order valence-corrected chi connectivity index (χ0v) is 17.4. The highest BCUT2D eigenvalue weighted by atomic mass is 35.5. The number of amides is 2. The number of halogens is 2. The number of quaternary nitrogens is 1. The van der Waals surface area contributed by atoms with Crippen molar-refractivity contribution in [1.29, 1.82) is 5.26 Å². The Morgan fingerprint density at radius 2 is 1.97 bits per heavy atom. The van der Waals surface area contributed by atoms with Crippen LogP contribution in [0.25, 0.3) is 0 Å². The molecule has 0 bridgehead atoms. The maximum atomic E-state index is 12.8. The van der Waals surface area contributed by atoms with Crippen LogP contribution in [0.1, 0.15) is 5.56 Å². The molecule has 1 aliphatic heterocycles. The maximum Gasteiger partial charge on any atom is 0.451 e. The van der Waals surface area contributed by atoms with Crippen molar-refractivity contribution in [3.8, 4) is 11.8 Å². The van der Waals surface area contributed by atoms with E-state index in [1.54, 1.807) is 0 Å². The number of benzene rings is 2. The van der Waals surface area contributed by atoms with E-state index < -0.39 is 31.7 Å². The van der Waals surface area contributed by atoms with Crippen LogP contribution in [0.3, 0.4) is 0 Å². The summed E-state index contributed by atoms with van der Waals surface area (Å²) in [5.74, 6) is 0.189. The number of nitrogens with zero attached hydrogens (tertiary/aromatic N) is 3. The van der Waals surface area contributed by atoms with Gasteiger partial charge in [0.25, 0.3) is 0 Å². The molecule has 1 saturated heterocycles. The summed E-state index contributed by atoms with van der Waals surface area (Å²) < 4.78 is 21.3. The van der Waals surface area contributed by atoms with Gasteiger partial charge < -0.3 is 9.73 Å². The Balaban J connectivity index is 1.66. The van der Waals surface area contributed by atoms with E-state index in [0.29, 0.717) is 5.56 Å². The topological polar surface area (TPSA) is 112 Å². The largest absolute Gasteiger partial charge is 0.620 e. The quantitative estimate of drug-likeness (QED) is 0.344. The average Bonchev–Trinajstić information content (AvgIpc) is 2.98. The van der Waals surface area contributed by atoms with E-state index in [-0.39, 0.29) is 21.5 Å². The minimum atomic E-state index is -3.73. The van der Waals surface area contributed by atoms with Gasteiger partial charge in [0.2, 0.25) is 13.5 Å². The van der Waals surface area contributed by atoms with Gasteiger partial charge in [0.15, 0.2) is 0 Å². The number of hydroxylamine groups is 4. The SMILES string of the molecule is CP(=O)(OC[N+]1([O-])CON(c2ccc(Cl)c(Cl)c2)C1=O)Oc1ccc(C#N)cc1. The fourth-order valence-electron chi connectivity index (χ4n) is 2.32. The van der Waals surface area contributed by atoms with E-state index in [1.807, 2.05) is 6.07 Å². The number of nitriles is 1. The molecule has 0 aliphatic carbocycles. The maximum absolute atomic E-state index is 12.8. The lowest BCUT2D eigenvalue weighted by molar-refractivity contribution is -0.822. The van der Waals surface area contributed by atoms with Gasteiger partial charge in [0, 0.05) is 0 Å². The van der Waals surface area contributed by atoms with Crippen LogP contribution in [-0.4, -0.2) is 30.8 Å². The molecular formula is C17H14Cl2N3O6P. The van der Waals surface area contributed by atoms with Crippen molar-refractivity contribution in [2.45, 2.75) is 0 Å². The fraction of sp³-hybridized carbons (Fsp3) is 0.176. The zero-order chi connectivity index (χ0) is 21.2. The second-order valence-electron chi connectivity index (χ2n) is 6.08. The van der Waals surface area contributed by atoms with Crippen LogP contribution >= 0.6 is 30.8 Å². The van der Waals surface area contributed by atoms with Crippen LogP contribution in [0.15, 0.2) is 42.5 Å². The monoisotopic (exact) mass is 457 g/mol. The number of urea groups is 1. The highest BCUT2D eigenvalue weighted by molar-refractivity contribution is 7.53. The molecule has 1 heterocycles. The van der Waals surface area contributed by atoms with Gasteiger partial charge in [-0.1, -0.05) is 23.2 Å². The molecule has 3 rings (SSSR count). The highest BCUT2D eigenvalue weighted by Gasteiger charge is 2.44. The summed E-state index contributed by atoms with van der Waals surface area (Å²) >= 11 is 11.8. The van der Waals surface area contributed by atoms with Gasteiger partial charge in [-0.2, -0.15) is 5.26 Å². The lowest BCUT2D eigenvalue weighted by atomic mass is 10.2. The summed E-state index contributed by atoms with van der Waals surface area (Å²) in [5.41, 5.74) is 0.615. The fourth-order valence-corrected chi connectivity index (χ4v) is 3.57. The number of hydrogen-bond donors (Lipinski definition) is 0. The summed E-state index contributed by atoms with van der Waals surface area (Å²) in [6, 6.07) is 11.1. The second kappa shape index (κ2) is 8.30. The lowest BCUT2D eigenvalue weighted by Crippen LogP contribution is -2.47. The van der Waals surface area contributed by atoms with Gasteiger partial charge >= 0.3 is 13.6 Å². The molecular weight excluding hydrogens is 444 g/mol. The first-order valence-electron chi connectivity index (χ1n) is 8.06. The molecule has 1 fully saturated rings. The van der Waals surface area contributed by atoms with Gasteiger partial charge in [0.1, 0.15) is 5.75 Å². The van der Waals surface area contributed by atoms with Crippen molar-refractivity contribution in [2.75, 3.05) is 25.2 Å². The Morgan fingerprint density at radius 3 is 2.59 bits per heavy atom. The molecule has 0 radical (unpaired) electrons. The van der Waals surface area contributed by atoms with Crippen molar-refractivity contribution in [2.24, 2.45) is 0 Å². The third kappa shape index (κ3) is 4.89. The molecule has 0 spiro atoms. The Bertz CT molecular complexity index is 1030. The Hall–Kier alpha value is -2.15. The Morgan fingerprint density at radius 1 is 1.28 bits per heavy atom. The van der Waals surface area contributed by atoms with E-state index in [1.165, 1.54) is 42.5 Å². The molecule has 12 heteroatoms. The second-order valence-corrected chi connectivity index (χ2v) is 8.88. The van der Waals surface area contributed by atoms with E-state index in [2.05, 4.69) is 0 Å². The zero-order valence-electron chi connectivity index (χ0n) is 14.9. The van der Waals surface area contributed by atoms with Gasteiger partial charge in [0.05, 0.1) is 34.0 Å². The first-order valence-corrected chi connectivity index (χ1v) is 10.8. The van der Waals surface area contributed by atoms with Crippen molar-refractivity contribution >= 4 is 42.5 Å². The molecule has 152 valence electrons. The molecule has 2 atom stereocenters. The molecule has 2 amide bonds. The molecule has 1 aliphatic rings. The van der Waals surface area contributed by atoms with Crippen LogP contribution in [0, 0.1) is 16.5 Å². The molecule has 0 N–H and O–H groups in total. The third-order valence-corrected chi connectivity index (χ3v) is 5.68. The summed E-state index contributed by atoms with van der Waals surface area (Å²) in [5, 5.41) is 22.8. The van der Waals surface area contributed by atoms with Crippen molar-refractivity contribution in [3.05, 3.63) is 63.3 Å². The lowest BCUT2D eigenvalue weighted by Gasteiger charge is -2.32. The van der Waals surface area contributed by atoms with Crippen LogP contribution < -0.4 is 9.59 Å². The number of carbonyl (C=O) groups excluding carboxylic acids is 1. The van der Waals surface area contributed by atoms with E-state index in [4.69, 9.17) is 42.3 Å². The summed E-state index contributed by atoms with van der Waals surface area (Å²) in [7, 11) is -3.73. The van der Waals surface area contributed by atoms with Gasteiger partial charge in [-0.3, -0.25) is 0 Å². The van der Waals surface area contributed by atoms with E-state index >= 15 is 0 Å². The van der Waals surface area contributed by atoms with Crippen molar-refractivity contribution in [3.63, 3.8) is 0 Å². The molecule has 0 saturated carbocycles. The van der Waals surface area contributed by atoms with Gasteiger partial charge in [-0.05, 0) is 42.5 Å². The predicted molar refractivity (Wildman–Crippen MR) is 105 cm³/mol. The minimum Gasteiger partial charge on any atom is -0.620 e. The Kier molecular flexibility index (Phi) is 6.17. The Labute approximate surface area is 176 Å². The normalized spacial score (nSPS) is 20.9. The van der Waals surface area contributed by atoms with Crippen LogP contribution in [0.2, 0.25) is 10.0 Å². The van der Waals surface area contributed by atoms with Crippen LogP contribution in [-0.2, 0) is 13.9 Å². The van der Waals surface area contributed by atoms with Crippen molar-refractivity contribution < 1.29 is 27.9 Å². The van der Waals surface area contributed by atoms with E-state index in [9.17, 15) is 14.6 Å². The van der Waals surface area contributed by atoms with Crippen LogP contribution in [0.4, 0.5) is 10.5 Å². The third-order valence-electron chi connectivity index (χ3n) is 3.81. The molecule has 29 heavy (non-hydrogen) atoms. The molecule has 2 aromatic rings. The average molecular weight is 458 g/mol. The number of hydrogen-bond acceptors (Lipinski definition) is 7. The van der Waals surface area contributed by atoms with Crippen molar-refractivity contribution in [1.82, 2.24) is 0 Å². The molecule has 0 aromatic heterocycles. The summed E-state index contributed by atoms with van der Waals surface area (Å²) in [6.07, 6.45) is 0. The van der Waals surface area contributed by atoms with Gasteiger partial charge in [-0.15, -0.1) is 5.06 Å². The molecule has 9 nitrogen and oxygen atoms in total. The minimum absolute atomic E-state index is 0.182. The molecule has 2 unspecified atom stereocenters. The standard InChI is InChI=1S/C17H14Cl2N3O6P/c1-29(25,28-14-5-2-12(9-20)3-6-14)27-11-22(24)10-26-21(17(22)23)13-4-7-15(18)16(19)8-13/h2-8H,10-11H2,1H3. The van der Waals surface area contributed by atoms with E-state index in [0.717, 1.165) is 11.7 Å². The predicted octanol–water partition coefficient (Wildman–Crippen LogP) is 4.88. The first-order chi connectivity index (χ1) is 13.6. The van der Waals surface area contributed by atoms with Gasteiger partial charge in [-0.25, -0.2) is 23.4 Å². The number of anilines is 1. The number of carbonyl (C=O) groups is 1. The highest BCUT2D eigenvalue weighted by Crippen LogP contribution is 2.45. The first kappa shape index (κ1) is 21.6. The van der Waals surface area contributed by atoms with Crippen LogP contribution in [0.5, 0.6) is 5.75 Å². The number of rotatable bonds is 6. The summed E-state index contributed by atoms with van der Waals surface area (Å²) in [6.45, 7) is -0.216. The smallest absolute Gasteiger partial charge is 0.451 e.